The van der Waals surface area contributed by atoms with E-state index in [9.17, 15) is 10.1 Å². The van der Waals surface area contributed by atoms with Crippen LogP contribution in [-0.2, 0) is 11.8 Å². The number of hydrogen-bond acceptors (Lipinski definition) is 5. The molecule has 1 aliphatic heterocycles. The molecule has 1 aromatic heterocycles. The summed E-state index contributed by atoms with van der Waals surface area (Å²) in [6, 6.07) is 7.68. The summed E-state index contributed by atoms with van der Waals surface area (Å²) in [5, 5.41) is 14.6. The Morgan fingerprint density at radius 1 is 1.41 bits per heavy atom. The molecule has 0 radical (unpaired) electrons. The van der Waals surface area contributed by atoms with Gasteiger partial charge < -0.3 is 5.73 Å². The zero-order valence-electron chi connectivity index (χ0n) is 16.5. The zero-order chi connectivity index (χ0) is 20.7. The van der Waals surface area contributed by atoms with E-state index in [-0.39, 0.29) is 35.7 Å². The van der Waals surface area contributed by atoms with Gasteiger partial charge in [0, 0.05) is 36.2 Å². The van der Waals surface area contributed by atoms with Crippen LogP contribution in [0.5, 0.6) is 0 Å². The van der Waals surface area contributed by atoms with Gasteiger partial charge in [-0.2, -0.15) is 10.4 Å². The van der Waals surface area contributed by atoms with Crippen LogP contribution in [0.25, 0.3) is 11.3 Å². The normalized spacial score (nSPS) is 27.6. The Bertz CT molecular complexity index is 978. The zero-order valence-corrected chi connectivity index (χ0v) is 17.3. The summed E-state index contributed by atoms with van der Waals surface area (Å²) < 4.78 is 1.81. The van der Waals surface area contributed by atoms with E-state index in [0.717, 1.165) is 36.1 Å². The lowest BCUT2D eigenvalue weighted by Gasteiger charge is -2.45. The molecule has 1 amide bonds. The average Bonchev–Trinajstić information content (AvgIpc) is 3.08. The summed E-state index contributed by atoms with van der Waals surface area (Å²) in [6.45, 7) is 1.97. The average molecular weight is 413 g/mol. The van der Waals surface area contributed by atoms with Crippen LogP contribution in [0.1, 0.15) is 43.2 Å². The molecule has 4 rings (SSSR count). The number of rotatable bonds is 3. The van der Waals surface area contributed by atoms with Crippen molar-refractivity contribution in [2.24, 2.45) is 24.6 Å². The van der Waals surface area contributed by atoms with Crippen molar-refractivity contribution in [3.8, 4) is 17.3 Å². The number of benzene rings is 1. The molecule has 1 saturated carbocycles. The number of aryl methyl sites for hydroxylation is 1. The molecule has 1 aromatic carbocycles. The molecule has 2 aromatic rings. The third kappa shape index (κ3) is 3.42. The number of hydrazine groups is 1. The topological polar surface area (TPSA) is 109 Å². The Balaban J connectivity index is 1.72. The van der Waals surface area contributed by atoms with Gasteiger partial charge >= 0.3 is 0 Å². The van der Waals surface area contributed by atoms with Crippen LogP contribution in [0, 0.1) is 23.2 Å². The van der Waals surface area contributed by atoms with Gasteiger partial charge in [0.05, 0.1) is 22.5 Å². The Hall–Kier alpha value is -2.40. The quantitative estimate of drug-likeness (QED) is 0.717. The molecule has 5 atom stereocenters. The molecule has 152 valence electrons. The molecule has 0 spiro atoms. The summed E-state index contributed by atoms with van der Waals surface area (Å²) in [6.07, 6.45) is 4.43. The van der Waals surface area contributed by atoms with Gasteiger partial charge in [-0.3, -0.25) is 14.9 Å². The van der Waals surface area contributed by atoms with Crippen LogP contribution in [0.2, 0.25) is 5.02 Å². The van der Waals surface area contributed by atoms with Crippen LogP contribution >= 0.6 is 11.6 Å². The molecular weight excluding hydrogens is 388 g/mol. The van der Waals surface area contributed by atoms with E-state index in [4.69, 9.17) is 17.3 Å². The second-order valence-corrected chi connectivity index (χ2v) is 8.55. The van der Waals surface area contributed by atoms with Gasteiger partial charge in [-0.1, -0.05) is 23.7 Å². The fourth-order valence-corrected chi connectivity index (χ4v) is 5.22. The van der Waals surface area contributed by atoms with Crippen LogP contribution in [0.4, 0.5) is 0 Å². The maximum atomic E-state index is 12.4. The van der Waals surface area contributed by atoms with E-state index in [0.29, 0.717) is 10.6 Å². The minimum absolute atomic E-state index is 0.0236. The van der Waals surface area contributed by atoms with Crippen molar-refractivity contribution in [2.45, 2.75) is 44.2 Å². The Morgan fingerprint density at radius 3 is 2.93 bits per heavy atom. The molecule has 1 saturated heterocycles. The second kappa shape index (κ2) is 7.79. The minimum atomic E-state index is -0.0756. The Labute approximate surface area is 175 Å². The van der Waals surface area contributed by atoms with Crippen molar-refractivity contribution in [3.05, 3.63) is 40.5 Å². The summed E-state index contributed by atoms with van der Waals surface area (Å²) >= 11 is 6.28. The summed E-state index contributed by atoms with van der Waals surface area (Å²) in [5.74, 6) is 0.424. The highest BCUT2D eigenvalue weighted by atomic mass is 35.5. The summed E-state index contributed by atoms with van der Waals surface area (Å²) in [4.78, 5) is 12.4. The van der Waals surface area contributed by atoms with Gasteiger partial charge in [0.25, 0.3) is 0 Å². The van der Waals surface area contributed by atoms with E-state index in [1.165, 1.54) is 0 Å². The van der Waals surface area contributed by atoms with Crippen LogP contribution in [-0.4, -0.2) is 27.8 Å². The first-order valence-corrected chi connectivity index (χ1v) is 10.3. The number of fused-ring (bicyclic) bond motifs is 1. The van der Waals surface area contributed by atoms with Crippen LogP contribution in [0.3, 0.4) is 0 Å². The monoisotopic (exact) mass is 412 g/mol. The van der Waals surface area contributed by atoms with Gasteiger partial charge in [0.15, 0.2) is 0 Å². The summed E-state index contributed by atoms with van der Waals surface area (Å²) in [5.41, 5.74) is 15.4. The Kier molecular flexibility index (Phi) is 5.34. The van der Waals surface area contributed by atoms with Crippen molar-refractivity contribution < 1.29 is 4.79 Å². The number of nitriles is 1. The number of aromatic nitrogens is 2. The molecule has 4 N–H and O–H groups in total. The van der Waals surface area contributed by atoms with Crippen LogP contribution < -0.4 is 16.6 Å². The van der Waals surface area contributed by atoms with Crippen molar-refractivity contribution >= 4 is 17.5 Å². The number of amides is 1. The van der Waals surface area contributed by atoms with Crippen molar-refractivity contribution in [2.75, 3.05) is 0 Å². The molecular formula is C21H25ClN6O. The van der Waals surface area contributed by atoms with E-state index in [1.54, 1.807) is 6.07 Å². The number of nitrogens with two attached hydrogens (primary N) is 1. The minimum Gasteiger partial charge on any atom is -0.326 e. The number of hydrogen-bond donors (Lipinski definition) is 3. The molecule has 0 bridgehead atoms. The lowest BCUT2D eigenvalue weighted by Crippen LogP contribution is -2.64. The molecule has 1 aliphatic carbocycles. The summed E-state index contributed by atoms with van der Waals surface area (Å²) in [7, 11) is 1.88. The largest absolute Gasteiger partial charge is 0.326 e. The first-order valence-electron chi connectivity index (χ1n) is 9.94. The first kappa shape index (κ1) is 19.9. The van der Waals surface area contributed by atoms with E-state index < -0.39 is 0 Å². The predicted octanol–water partition coefficient (Wildman–Crippen LogP) is 2.46. The predicted molar refractivity (Wildman–Crippen MR) is 111 cm³/mol. The van der Waals surface area contributed by atoms with Gasteiger partial charge in [-0.15, -0.1) is 0 Å². The molecule has 2 fully saturated rings. The Morgan fingerprint density at radius 2 is 2.21 bits per heavy atom. The molecule has 29 heavy (non-hydrogen) atoms. The SMILES string of the molecule is C[C@H](N)C1NNC(=O)C2CCC(c3cnn(C)c3-c3cccc(Cl)c3C#N)CC21. The maximum Gasteiger partial charge on any atom is 0.237 e. The fraction of sp³-hybridized carbons (Fsp3) is 0.476. The van der Waals surface area contributed by atoms with E-state index >= 15 is 0 Å². The van der Waals surface area contributed by atoms with Gasteiger partial charge in [-0.05, 0) is 44.1 Å². The first-order chi connectivity index (χ1) is 13.9. The van der Waals surface area contributed by atoms with Gasteiger partial charge in [0.2, 0.25) is 5.91 Å². The molecule has 4 unspecified atom stereocenters. The maximum absolute atomic E-state index is 12.4. The standard InChI is InChI=1S/C21H25ClN6O/c1-11(24)19-15-8-12(6-7-14(15)21(29)27-26-19)17-10-25-28(2)20(17)13-4-3-5-18(22)16(13)9-23/h3-5,10-12,14-15,19,26H,6-8,24H2,1-2H3,(H,27,29)/t11-,12?,14?,15?,19?/m0/s1. The van der Waals surface area contributed by atoms with Crippen molar-refractivity contribution in [1.29, 1.82) is 5.26 Å². The lowest BCUT2D eigenvalue weighted by molar-refractivity contribution is -0.133. The third-order valence-corrected chi connectivity index (χ3v) is 6.73. The van der Waals surface area contributed by atoms with Crippen LogP contribution in [0.15, 0.2) is 24.4 Å². The highest BCUT2D eigenvalue weighted by Gasteiger charge is 2.44. The number of carbonyl (C=O) groups excluding carboxylic acids is 1. The van der Waals surface area contributed by atoms with Gasteiger partial charge in [0.1, 0.15) is 6.07 Å². The second-order valence-electron chi connectivity index (χ2n) is 8.15. The van der Waals surface area contributed by atoms with Gasteiger partial charge in [-0.25, -0.2) is 5.43 Å². The number of carbonyl (C=O) groups is 1. The van der Waals surface area contributed by atoms with E-state index in [2.05, 4.69) is 22.0 Å². The highest BCUT2D eigenvalue weighted by molar-refractivity contribution is 6.32. The number of nitrogens with zero attached hydrogens (tertiary/aromatic N) is 3. The molecule has 2 heterocycles. The molecule has 2 aliphatic rings. The molecule has 7 nitrogen and oxygen atoms in total. The smallest absolute Gasteiger partial charge is 0.237 e. The molecule has 8 heteroatoms. The highest BCUT2D eigenvalue weighted by Crippen LogP contribution is 2.45. The van der Waals surface area contributed by atoms with Crippen molar-refractivity contribution in [3.63, 3.8) is 0 Å². The van der Waals surface area contributed by atoms with E-state index in [1.807, 2.05) is 37.0 Å². The fourth-order valence-electron chi connectivity index (χ4n) is 5.00. The lowest BCUT2D eigenvalue weighted by atomic mass is 9.67. The third-order valence-electron chi connectivity index (χ3n) is 6.41. The van der Waals surface area contributed by atoms with Crippen molar-refractivity contribution in [1.82, 2.24) is 20.6 Å². The number of halogens is 1. The number of nitrogens with one attached hydrogen (secondary N) is 2.